The van der Waals surface area contributed by atoms with Gasteiger partial charge >= 0.3 is 0 Å². The van der Waals surface area contributed by atoms with Crippen molar-refractivity contribution in [3.8, 4) is 11.4 Å². The second-order valence-corrected chi connectivity index (χ2v) is 7.15. The Morgan fingerprint density at radius 1 is 1.15 bits per heavy atom. The maximum Gasteiger partial charge on any atom is 0.234 e. The van der Waals surface area contributed by atoms with Crippen LogP contribution in [0, 0.1) is 20.8 Å². The predicted octanol–water partition coefficient (Wildman–Crippen LogP) is 4.23. The Kier molecular flexibility index (Phi) is 5.32. The number of anilines is 1. The second-order valence-electron chi connectivity index (χ2n) is 6.21. The van der Waals surface area contributed by atoms with E-state index in [9.17, 15) is 9.90 Å². The van der Waals surface area contributed by atoms with Gasteiger partial charge in [-0.15, -0.1) is 0 Å². The van der Waals surface area contributed by atoms with E-state index in [2.05, 4.69) is 36.3 Å². The molecule has 0 aliphatic carbocycles. The normalized spacial score (nSPS) is 10.7. The molecule has 0 aliphatic heterocycles. The number of hydrogen-bond acceptors (Lipinski definition) is 4. The van der Waals surface area contributed by atoms with Crippen LogP contribution in [0.1, 0.15) is 16.7 Å². The van der Waals surface area contributed by atoms with Crippen molar-refractivity contribution in [3.63, 3.8) is 0 Å². The van der Waals surface area contributed by atoms with Gasteiger partial charge in [0.2, 0.25) is 5.91 Å². The lowest BCUT2D eigenvalue weighted by Gasteiger charge is -2.10. The van der Waals surface area contributed by atoms with Gasteiger partial charge in [0.05, 0.1) is 11.4 Å². The summed E-state index contributed by atoms with van der Waals surface area (Å²) in [6, 6.07) is 11.4. The molecule has 26 heavy (non-hydrogen) atoms. The van der Waals surface area contributed by atoms with Crippen LogP contribution in [0.2, 0.25) is 0 Å². The SMILES string of the molecule is Cc1ccc(NC(=O)CSc2nccn2-c2ccc(C)c(C)c2)c(O)c1. The third kappa shape index (κ3) is 4.08. The van der Waals surface area contributed by atoms with Crippen LogP contribution in [-0.4, -0.2) is 26.3 Å². The molecule has 0 saturated heterocycles. The number of rotatable bonds is 5. The molecule has 5 nitrogen and oxygen atoms in total. The summed E-state index contributed by atoms with van der Waals surface area (Å²) in [6.07, 6.45) is 3.61. The summed E-state index contributed by atoms with van der Waals surface area (Å²) in [5.41, 5.74) is 4.81. The topological polar surface area (TPSA) is 67.2 Å². The number of thioether (sulfide) groups is 1. The summed E-state index contributed by atoms with van der Waals surface area (Å²) in [5.74, 6) is 0.0820. The number of nitrogens with zero attached hydrogens (tertiary/aromatic N) is 2. The maximum absolute atomic E-state index is 12.2. The van der Waals surface area contributed by atoms with E-state index in [0.29, 0.717) is 5.69 Å². The van der Waals surface area contributed by atoms with Gasteiger partial charge < -0.3 is 10.4 Å². The van der Waals surface area contributed by atoms with Gasteiger partial charge in [0.1, 0.15) is 5.75 Å². The fourth-order valence-corrected chi connectivity index (χ4v) is 3.31. The molecule has 2 N–H and O–H groups in total. The van der Waals surface area contributed by atoms with Crippen molar-refractivity contribution in [1.82, 2.24) is 9.55 Å². The zero-order chi connectivity index (χ0) is 18.7. The molecule has 134 valence electrons. The number of phenolic OH excluding ortho intramolecular Hbond substituents is 1. The van der Waals surface area contributed by atoms with Crippen LogP contribution in [0.25, 0.3) is 5.69 Å². The minimum atomic E-state index is -0.191. The molecule has 0 unspecified atom stereocenters. The molecule has 1 heterocycles. The van der Waals surface area contributed by atoms with Gasteiger partial charge in [-0.3, -0.25) is 9.36 Å². The molecule has 1 amide bonds. The first-order valence-electron chi connectivity index (χ1n) is 8.27. The van der Waals surface area contributed by atoms with Crippen LogP contribution in [0.4, 0.5) is 5.69 Å². The summed E-state index contributed by atoms with van der Waals surface area (Å²) in [6.45, 7) is 6.03. The Balaban J connectivity index is 1.68. The summed E-state index contributed by atoms with van der Waals surface area (Å²) < 4.78 is 1.97. The number of aryl methyl sites for hydroxylation is 3. The number of imidazole rings is 1. The number of hydrogen-bond donors (Lipinski definition) is 2. The first kappa shape index (κ1) is 18.1. The van der Waals surface area contributed by atoms with Crippen LogP contribution in [0.3, 0.4) is 0 Å². The highest BCUT2D eigenvalue weighted by atomic mass is 32.2. The van der Waals surface area contributed by atoms with Crippen molar-refractivity contribution in [1.29, 1.82) is 0 Å². The highest BCUT2D eigenvalue weighted by Crippen LogP contribution is 2.25. The average molecular weight is 367 g/mol. The molecule has 0 spiro atoms. The number of carbonyl (C=O) groups is 1. The van der Waals surface area contributed by atoms with Crippen molar-refractivity contribution in [2.45, 2.75) is 25.9 Å². The largest absolute Gasteiger partial charge is 0.506 e. The van der Waals surface area contributed by atoms with E-state index in [1.807, 2.05) is 29.8 Å². The van der Waals surface area contributed by atoms with E-state index in [-0.39, 0.29) is 17.4 Å². The van der Waals surface area contributed by atoms with Crippen molar-refractivity contribution < 1.29 is 9.90 Å². The monoisotopic (exact) mass is 367 g/mol. The van der Waals surface area contributed by atoms with Crippen LogP contribution < -0.4 is 5.32 Å². The average Bonchev–Trinajstić information content (AvgIpc) is 3.06. The highest BCUT2D eigenvalue weighted by molar-refractivity contribution is 7.99. The highest BCUT2D eigenvalue weighted by Gasteiger charge is 2.11. The van der Waals surface area contributed by atoms with Gasteiger partial charge in [0, 0.05) is 18.1 Å². The van der Waals surface area contributed by atoms with Gasteiger partial charge in [-0.2, -0.15) is 0 Å². The maximum atomic E-state index is 12.2. The number of nitrogens with one attached hydrogen (secondary N) is 1. The molecule has 0 saturated carbocycles. The lowest BCUT2D eigenvalue weighted by molar-refractivity contribution is -0.113. The van der Waals surface area contributed by atoms with Gasteiger partial charge in [0.25, 0.3) is 0 Å². The Morgan fingerprint density at radius 2 is 1.96 bits per heavy atom. The van der Waals surface area contributed by atoms with Crippen molar-refractivity contribution in [2.75, 3.05) is 11.1 Å². The molecule has 0 atom stereocenters. The summed E-state index contributed by atoms with van der Waals surface area (Å²) >= 11 is 1.35. The van der Waals surface area contributed by atoms with Crippen LogP contribution in [-0.2, 0) is 4.79 Å². The molecule has 3 rings (SSSR count). The standard InChI is InChI=1S/C20H21N3O2S/c1-13-4-7-17(18(24)10-13)22-19(25)12-26-20-21-8-9-23(20)16-6-5-14(2)15(3)11-16/h4-11,24H,12H2,1-3H3,(H,22,25). The van der Waals surface area contributed by atoms with E-state index >= 15 is 0 Å². The third-order valence-corrected chi connectivity index (χ3v) is 5.10. The Bertz CT molecular complexity index is 950. The molecule has 0 fully saturated rings. The molecule has 6 heteroatoms. The van der Waals surface area contributed by atoms with E-state index in [0.717, 1.165) is 16.4 Å². The Morgan fingerprint density at radius 3 is 2.69 bits per heavy atom. The number of aromatic hydroxyl groups is 1. The quantitative estimate of drug-likeness (QED) is 0.523. The number of phenols is 1. The third-order valence-electron chi connectivity index (χ3n) is 4.14. The van der Waals surface area contributed by atoms with Crippen molar-refractivity contribution in [3.05, 3.63) is 65.5 Å². The zero-order valence-corrected chi connectivity index (χ0v) is 15.8. The number of benzene rings is 2. The number of aromatic nitrogens is 2. The zero-order valence-electron chi connectivity index (χ0n) is 15.0. The van der Waals surface area contributed by atoms with Crippen molar-refractivity contribution >= 4 is 23.4 Å². The van der Waals surface area contributed by atoms with E-state index < -0.39 is 0 Å². The van der Waals surface area contributed by atoms with Crippen LogP contribution in [0.15, 0.2) is 53.9 Å². The first-order valence-corrected chi connectivity index (χ1v) is 9.26. The fourth-order valence-electron chi connectivity index (χ4n) is 2.53. The van der Waals surface area contributed by atoms with Gasteiger partial charge in [-0.05, 0) is 61.7 Å². The van der Waals surface area contributed by atoms with E-state index in [4.69, 9.17) is 0 Å². The molecule has 0 aliphatic rings. The smallest absolute Gasteiger partial charge is 0.234 e. The summed E-state index contributed by atoms with van der Waals surface area (Å²) in [4.78, 5) is 16.6. The predicted molar refractivity (Wildman–Crippen MR) is 105 cm³/mol. The van der Waals surface area contributed by atoms with Gasteiger partial charge in [0.15, 0.2) is 5.16 Å². The molecule has 0 bridgehead atoms. The van der Waals surface area contributed by atoms with Gasteiger partial charge in [-0.25, -0.2) is 4.98 Å². The first-order chi connectivity index (χ1) is 12.4. The number of carbonyl (C=O) groups excluding carboxylic acids is 1. The minimum absolute atomic E-state index is 0.0694. The van der Waals surface area contributed by atoms with Crippen LogP contribution in [0.5, 0.6) is 5.75 Å². The van der Waals surface area contributed by atoms with E-state index in [1.54, 1.807) is 18.3 Å². The number of amides is 1. The Hall–Kier alpha value is -2.73. The molecule has 2 aromatic carbocycles. The van der Waals surface area contributed by atoms with Gasteiger partial charge in [-0.1, -0.05) is 23.9 Å². The Labute approximate surface area is 157 Å². The van der Waals surface area contributed by atoms with Crippen LogP contribution >= 0.6 is 11.8 Å². The molecular weight excluding hydrogens is 346 g/mol. The lowest BCUT2D eigenvalue weighted by Crippen LogP contribution is -2.14. The second kappa shape index (κ2) is 7.66. The summed E-state index contributed by atoms with van der Waals surface area (Å²) in [5, 5.41) is 13.4. The van der Waals surface area contributed by atoms with E-state index in [1.165, 1.54) is 22.9 Å². The molecular formula is C20H21N3O2S. The minimum Gasteiger partial charge on any atom is -0.506 e. The molecule has 0 radical (unpaired) electrons. The van der Waals surface area contributed by atoms with Crippen molar-refractivity contribution in [2.24, 2.45) is 0 Å². The summed E-state index contributed by atoms with van der Waals surface area (Å²) in [7, 11) is 0. The molecule has 3 aromatic rings. The lowest BCUT2D eigenvalue weighted by atomic mass is 10.1. The molecule has 1 aromatic heterocycles. The fraction of sp³-hybridized carbons (Fsp3) is 0.200.